The molecule has 1 aromatic carbocycles. The normalized spacial score (nSPS) is 12.7. The summed E-state index contributed by atoms with van der Waals surface area (Å²) in [7, 11) is 0. The lowest BCUT2D eigenvalue weighted by Gasteiger charge is -2.12. The maximum absolute atomic E-state index is 6.15. The predicted octanol–water partition coefficient (Wildman–Crippen LogP) is 2.65. The van der Waals surface area contributed by atoms with Crippen LogP contribution in [-0.2, 0) is 0 Å². The summed E-state index contributed by atoms with van der Waals surface area (Å²) in [5, 5.41) is 0. The number of aromatic nitrogens is 2. The molecule has 3 nitrogen and oxygen atoms in total. The van der Waals surface area contributed by atoms with Crippen molar-refractivity contribution in [3.8, 4) is 0 Å². The van der Waals surface area contributed by atoms with Crippen molar-refractivity contribution in [1.29, 1.82) is 0 Å². The summed E-state index contributed by atoms with van der Waals surface area (Å²) in [5.74, 6) is 0.541. The van der Waals surface area contributed by atoms with Gasteiger partial charge in [0.25, 0.3) is 0 Å². The first-order valence-electron chi connectivity index (χ1n) is 5.80. The lowest BCUT2D eigenvalue weighted by Crippen LogP contribution is -2.13. The van der Waals surface area contributed by atoms with E-state index in [-0.39, 0.29) is 6.04 Å². The van der Waals surface area contributed by atoms with Gasteiger partial charge in [0.05, 0.1) is 11.7 Å². The van der Waals surface area contributed by atoms with E-state index >= 15 is 0 Å². The summed E-state index contributed by atoms with van der Waals surface area (Å²) in [5.41, 5.74) is 9.40. The maximum Gasteiger partial charge on any atom is 0.115 e. The van der Waals surface area contributed by atoms with Crippen LogP contribution in [0.5, 0.6) is 0 Å². The van der Waals surface area contributed by atoms with Crippen LogP contribution in [0.1, 0.15) is 42.6 Å². The largest absolute Gasteiger partial charge is 0.319 e. The quantitative estimate of drug-likeness (QED) is 0.877. The van der Waals surface area contributed by atoms with Gasteiger partial charge in [-0.25, -0.2) is 9.97 Å². The van der Waals surface area contributed by atoms with Crippen LogP contribution in [0, 0.1) is 0 Å². The highest BCUT2D eigenvalue weighted by Gasteiger charge is 2.10. The number of hydrogen-bond donors (Lipinski definition) is 1. The summed E-state index contributed by atoms with van der Waals surface area (Å²) in [6, 6.07) is 10.1. The van der Waals surface area contributed by atoms with Gasteiger partial charge in [-0.2, -0.15) is 0 Å². The van der Waals surface area contributed by atoms with Crippen molar-refractivity contribution in [2.45, 2.75) is 25.8 Å². The Morgan fingerprint density at radius 3 is 2.18 bits per heavy atom. The first kappa shape index (κ1) is 11.7. The Labute approximate surface area is 102 Å². The third-order valence-electron chi connectivity index (χ3n) is 2.89. The zero-order chi connectivity index (χ0) is 12.3. The lowest BCUT2D eigenvalue weighted by atomic mass is 9.98. The van der Waals surface area contributed by atoms with Crippen molar-refractivity contribution < 1.29 is 0 Å². The number of nitrogens with two attached hydrogens (primary N) is 1. The van der Waals surface area contributed by atoms with E-state index in [1.165, 1.54) is 11.9 Å². The van der Waals surface area contributed by atoms with Crippen LogP contribution in [-0.4, -0.2) is 9.97 Å². The molecule has 2 rings (SSSR count). The summed E-state index contributed by atoms with van der Waals surface area (Å²) >= 11 is 0. The van der Waals surface area contributed by atoms with Gasteiger partial charge in [0.1, 0.15) is 6.33 Å². The number of hydrogen-bond acceptors (Lipinski definition) is 3. The Morgan fingerprint density at radius 2 is 1.65 bits per heavy atom. The second-order valence-corrected chi connectivity index (χ2v) is 4.43. The van der Waals surface area contributed by atoms with Crippen LogP contribution in [0.15, 0.2) is 42.9 Å². The molecule has 0 saturated carbocycles. The van der Waals surface area contributed by atoms with Crippen LogP contribution >= 0.6 is 0 Å². The highest BCUT2D eigenvalue weighted by molar-refractivity contribution is 5.30. The van der Waals surface area contributed by atoms with E-state index in [1.54, 1.807) is 6.20 Å². The van der Waals surface area contributed by atoms with Crippen LogP contribution in [0.2, 0.25) is 0 Å². The topological polar surface area (TPSA) is 51.8 Å². The smallest absolute Gasteiger partial charge is 0.115 e. The number of nitrogens with zero attached hydrogens (tertiary/aromatic N) is 2. The van der Waals surface area contributed by atoms with Crippen LogP contribution < -0.4 is 5.73 Å². The third kappa shape index (κ3) is 2.68. The van der Waals surface area contributed by atoms with Gasteiger partial charge in [-0.05, 0) is 23.1 Å². The van der Waals surface area contributed by atoms with E-state index in [1.807, 2.05) is 6.07 Å². The van der Waals surface area contributed by atoms with E-state index in [0.29, 0.717) is 5.92 Å². The Hall–Kier alpha value is -1.74. The second-order valence-electron chi connectivity index (χ2n) is 4.43. The molecule has 2 N–H and O–H groups in total. The van der Waals surface area contributed by atoms with Crippen LogP contribution in [0.4, 0.5) is 0 Å². The summed E-state index contributed by atoms with van der Waals surface area (Å²) in [6.07, 6.45) is 3.24. The molecule has 0 aliphatic heterocycles. The minimum atomic E-state index is -0.181. The van der Waals surface area contributed by atoms with Crippen molar-refractivity contribution in [2.75, 3.05) is 0 Å². The molecule has 0 spiro atoms. The highest BCUT2D eigenvalue weighted by atomic mass is 14.8. The van der Waals surface area contributed by atoms with Gasteiger partial charge < -0.3 is 5.73 Å². The standard InChI is InChI=1S/C14H17N3/c1-10(2)11-3-5-12(6-4-11)14(15)13-7-8-16-9-17-13/h3-10,14H,15H2,1-2H3. The number of rotatable bonds is 3. The fourth-order valence-corrected chi connectivity index (χ4v) is 1.74. The lowest BCUT2D eigenvalue weighted by molar-refractivity contribution is 0.813. The zero-order valence-electron chi connectivity index (χ0n) is 10.2. The molecule has 0 aliphatic rings. The van der Waals surface area contributed by atoms with Gasteiger partial charge >= 0.3 is 0 Å². The predicted molar refractivity (Wildman–Crippen MR) is 68.6 cm³/mol. The van der Waals surface area contributed by atoms with Crippen molar-refractivity contribution in [2.24, 2.45) is 5.73 Å². The SMILES string of the molecule is CC(C)c1ccc(C(N)c2ccncn2)cc1. The van der Waals surface area contributed by atoms with E-state index in [4.69, 9.17) is 5.73 Å². The first-order chi connectivity index (χ1) is 8.18. The van der Waals surface area contributed by atoms with Crippen molar-refractivity contribution >= 4 is 0 Å². The molecule has 0 saturated heterocycles. The Balaban J connectivity index is 2.23. The van der Waals surface area contributed by atoms with Gasteiger partial charge in [0.2, 0.25) is 0 Å². The van der Waals surface area contributed by atoms with Gasteiger partial charge in [-0.1, -0.05) is 38.1 Å². The minimum Gasteiger partial charge on any atom is -0.319 e. The molecule has 0 fully saturated rings. The van der Waals surface area contributed by atoms with Crippen LogP contribution in [0.25, 0.3) is 0 Å². The molecule has 0 bridgehead atoms. The zero-order valence-corrected chi connectivity index (χ0v) is 10.2. The molecule has 0 aliphatic carbocycles. The van der Waals surface area contributed by atoms with Gasteiger partial charge in [0.15, 0.2) is 0 Å². The van der Waals surface area contributed by atoms with Gasteiger partial charge in [-0.15, -0.1) is 0 Å². The second kappa shape index (κ2) is 5.06. The molecule has 0 radical (unpaired) electrons. The monoisotopic (exact) mass is 227 g/mol. The first-order valence-corrected chi connectivity index (χ1v) is 5.80. The average Bonchev–Trinajstić information content (AvgIpc) is 2.39. The van der Waals surface area contributed by atoms with Crippen molar-refractivity contribution in [3.63, 3.8) is 0 Å². The Kier molecular flexibility index (Phi) is 3.49. The molecule has 1 heterocycles. The van der Waals surface area contributed by atoms with E-state index < -0.39 is 0 Å². The molecule has 0 amide bonds. The molecule has 17 heavy (non-hydrogen) atoms. The molecule has 1 aromatic heterocycles. The fraction of sp³-hybridized carbons (Fsp3) is 0.286. The molecule has 1 atom stereocenters. The summed E-state index contributed by atoms with van der Waals surface area (Å²) in [6.45, 7) is 4.36. The van der Waals surface area contributed by atoms with E-state index in [2.05, 4.69) is 48.1 Å². The molecular weight excluding hydrogens is 210 g/mol. The van der Waals surface area contributed by atoms with E-state index in [9.17, 15) is 0 Å². The Morgan fingerprint density at radius 1 is 1.00 bits per heavy atom. The average molecular weight is 227 g/mol. The minimum absolute atomic E-state index is 0.181. The summed E-state index contributed by atoms with van der Waals surface area (Å²) in [4.78, 5) is 8.07. The molecule has 88 valence electrons. The van der Waals surface area contributed by atoms with Crippen LogP contribution in [0.3, 0.4) is 0 Å². The van der Waals surface area contributed by atoms with E-state index in [0.717, 1.165) is 11.3 Å². The van der Waals surface area contributed by atoms with Gasteiger partial charge in [0, 0.05) is 6.20 Å². The van der Waals surface area contributed by atoms with Gasteiger partial charge in [-0.3, -0.25) is 0 Å². The molecule has 1 unspecified atom stereocenters. The summed E-state index contributed by atoms with van der Waals surface area (Å²) < 4.78 is 0. The highest BCUT2D eigenvalue weighted by Crippen LogP contribution is 2.20. The fourth-order valence-electron chi connectivity index (χ4n) is 1.74. The number of benzene rings is 1. The van der Waals surface area contributed by atoms with Crippen molar-refractivity contribution in [3.05, 3.63) is 59.7 Å². The van der Waals surface area contributed by atoms with Crippen molar-refractivity contribution in [1.82, 2.24) is 9.97 Å². The third-order valence-corrected chi connectivity index (χ3v) is 2.89. The molecular formula is C14H17N3. The Bertz CT molecular complexity index is 463. The maximum atomic E-state index is 6.15. The molecule has 3 heteroatoms. The molecule has 2 aromatic rings.